The Morgan fingerprint density at radius 2 is 2.15 bits per heavy atom. The Morgan fingerprint density at radius 1 is 1.40 bits per heavy atom. The lowest BCUT2D eigenvalue weighted by Gasteiger charge is -2.27. The summed E-state index contributed by atoms with van der Waals surface area (Å²) < 4.78 is 0. The molecule has 106 valence electrons. The molecule has 3 amide bonds. The number of nitrogens with one attached hydrogen (secondary N) is 2. The quantitative estimate of drug-likeness (QED) is 0.739. The van der Waals surface area contributed by atoms with Crippen LogP contribution in [-0.4, -0.2) is 47.5 Å². The van der Waals surface area contributed by atoms with E-state index in [1.54, 1.807) is 19.1 Å². The van der Waals surface area contributed by atoms with Crippen molar-refractivity contribution in [1.29, 1.82) is 0 Å². The Morgan fingerprint density at radius 3 is 2.80 bits per heavy atom. The van der Waals surface area contributed by atoms with Gasteiger partial charge in [0.15, 0.2) is 0 Å². The number of hydrogen-bond acceptors (Lipinski definition) is 3. The number of carbonyl (C=O) groups excluding carboxylic acids is 2. The van der Waals surface area contributed by atoms with Crippen LogP contribution >= 0.6 is 0 Å². The molecular weight excluding hydrogens is 262 g/mol. The van der Waals surface area contributed by atoms with E-state index in [9.17, 15) is 14.4 Å². The monoisotopic (exact) mass is 277 g/mol. The van der Waals surface area contributed by atoms with E-state index in [2.05, 4.69) is 10.6 Å². The number of carbonyl (C=O) groups is 3. The van der Waals surface area contributed by atoms with Crippen LogP contribution in [0.1, 0.15) is 15.9 Å². The van der Waals surface area contributed by atoms with Gasteiger partial charge in [0.05, 0.1) is 5.56 Å². The molecule has 0 spiro atoms. The molecule has 1 heterocycles. The number of amides is 3. The molecule has 0 aromatic heterocycles. The van der Waals surface area contributed by atoms with Crippen molar-refractivity contribution in [2.45, 2.75) is 6.92 Å². The average Bonchev–Trinajstić information content (AvgIpc) is 2.40. The van der Waals surface area contributed by atoms with E-state index in [0.717, 1.165) is 0 Å². The maximum absolute atomic E-state index is 12.0. The summed E-state index contributed by atoms with van der Waals surface area (Å²) in [6.07, 6.45) is 0. The number of carboxylic acid groups (broad SMARTS) is 1. The maximum Gasteiger partial charge on any atom is 0.336 e. The van der Waals surface area contributed by atoms with Gasteiger partial charge in [-0.3, -0.25) is 4.79 Å². The largest absolute Gasteiger partial charge is 0.478 e. The van der Waals surface area contributed by atoms with Crippen LogP contribution in [0.3, 0.4) is 0 Å². The van der Waals surface area contributed by atoms with Gasteiger partial charge < -0.3 is 20.6 Å². The Kier molecular flexibility index (Phi) is 3.88. The summed E-state index contributed by atoms with van der Waals surface area (Å²) >= 11 is 0. The number of urea groups is 1. The number of hydrogen-bond donors (Lipinski definition) is 3. The van der Waals surface area contributed by atoms with E-state index in [-0.39, 0.29) is 18.0 Å². The molecule has 20 heavy (non-hydrogen) atoms. The number of carboxylic acids is 1. The van der Waals surface area contributed by atoms with Crippen LogP contribution in [0.15, 0.2) is 18.2 Å². The molecular formula is C13H15N3O4. The second kappa shape index (κ2) is 5.60. The zero-order valence-corrected chi connectivity index (χ0v) is 11.0. The van der Waals surface area contributed by atoms with Gasteiger partial charge in [-0.2, -0.15) is 0 Å². The number of nitrogens with zero attached hydrogens (tertiary/aromatic N) is 1. The summed E-state index contributed by atoms with van der Waals surface area (Å²) in [6.45, 7) is 2.47. The van der Waals surface area contributed by atoms with Crippen LogP contribution in [0, 0.1) is 6.92 Å². The van der Waals surface area contributed by atoms with Gasteiger partial charge in [0.2, 0.25) is 5.91 Å². The third kappa shape index (κ3) is 2.87. The molecule has 1 aromatic rings. The van der Waals surface area contributed by atoms with E-state index in [0.29, 0.717) is 24.3 Å². The van der Waals surface area contributed by atoms with Crippen LogP contribution in [0.25, 0.3) is 0 Å². The first-order valence-electron chi connectivity index (χ1n) is 6.14. The van der Waals surface area contributed by atoms with Crippen LogP contribution in [0.5, 0.6) is 0 Å². The summed E-state index contributed by atoms with van der Waals surface area (Å²) in [6, 6.07) is 4.26. The number of aromatic carboxylic acids is 1. The van der Waals surface area contributed by atoms with E-state index in [1.165, 1.54) is 11.0 Å². The second-order valence-corrected chi connectivity index (χ2v) is 4.48. The molecule has 0 unspecified atom stereocenters. The van der Waals surface area contributed by atoms with Crippen molar-refractivity contribution in [3.05, 3.63) is 29.3 Å². The lowest BCUT2D eigenvalue weighted by molar-refractivity contribution is -0.123. The molecule has 7 nitrogen and oxygen atoms in total. The molecule has 0 bridgehead atoms. The third-order valence-corrected chi connectivity index (χ3v) is 3.13. The highest BCUT2D eigenvalue weighted by molar-refractivity contribution is 5.96. The molecule has 1 saturated heterocycles. The maximum atomic E-state index is 12.0. The number of benzene rings is 1. The summed E-state index contributed by atoms with van der Waals surface area (Å²) in [5, 5.41) is 14.3. The number of anilines is 1. The minimum Gasteiger partial charge on any atom is -0.478 e. The molecule has 1 fully saturated rings. The first-order chi connectivity index (χ1) is 9.49. The molecule has 0 saturated carbocycles. The summed E-state index contributed by atoms with van der Waals surface area (Å²) in [4.78, 5) is 35.7. The van der Waals surface area contributed by atoms with Crippen molar-refractivity contribution < 1.29 is 19.5 Å². The molecule has 0 atom stereocenters. The molecule has 1 aliphatic rings. The Balaban J connectivity index is 2.13. The number of piperazine rings is 1. The Labute approximate surface area is 115 Å². The van der Waals surface area contributed by atoms with Gasteiger partial charge in [-0.25, -0.2) is 9.59 Å². The topological polar surface area (TPSA) is 98.7 Å². The van der Waals surface area contributed by atoms with Gasteiger partial charge in [-0.1, -0.05) is 6.07 Å². The average molecular weight is 277 g/mol. The van der Waals surface area contributed by atoms with Gasteiger partial charge in [-0.05, 0) is 24.6 Å². The van der Waals surface area contributed by atoms with E-state index in [4.69, 9.17) is 5.11 Å². The Bertz CT molecular complexity index is 571. The lowest BCUT2D eigenvalue weighted by Crippen LogP contribution is -2.51. The lowest BCUT2D eigenvalue weighted by atomic mass is 10.1. The summed E-state index contributed by atoms with van der Waals surface area (Å²) in [5.41, 5.74) is 1.05. The van der Waals surface area contributed by atoms with Crippen molar-refractivity contribution >= 4 is 23.6 Å². The summed E-state index contributed by atoms with van der Waals surface area (Å²) in [5.74, 6) is -1.25. The first kappa shape index (κ1) is 13.9. The van der Waals surface area contributed by atoms with Crippen LogP contribution in [0.4, 0.5) is 10.5 Å². The van der Waals surface area contributed by atoms with Gasteiger partial charge >= 0.3 is 12.0 Å². The van der Waals surface area contributed by atoms with E-state index in [1.807, 2.05) is 0 Å². The number of rotatable bonds is 2. The molecule has 1 aromatic carbocycles. The molecule has 1 aliphatic heterocycles. The van der Waals surface area contributed by atoms with Crippen molar-refractivity contribution in [2.75, 3.05) is 25.0 Å². The zero-order chi connectivity index (χ0) is 14.7. The first-order valence-corrected chi connectivity index (χ1v) is 6.14. The van der Waals surface area contributed by atoms with Crippen molar-refractivity contribution in [3.8, 4) is 0 Å². The fourth-order valence-corrected chi connectivity index (χ4v) is 2.01. The predicted molar refractivity (Wildman–Crippen MR) is 71.7 cm³/mol. The van der Waals surface area contributed by atoms with Crippen molar-refractivity contribution in [1.82, 2.24) is 10.2 Å². The van der Waals surface area contributed by atoms with E-state index >= 15 is 0 Å². The predicted octanol–water partition coefficient (Wildman–Crippen LogP) is 0.657. The smallest absolute Gasteiger partial charge is 0.336 e. The van der Waals surface area contributed by atoms with Gasteiger partial charge in [0.1, 0.15) is 6.54 Å². The highest BCUT2D eigenvalue weighted by Gasteiger charge is 2.22. The standard InChI is InChI=1S/C13H15N3O4/c1-8-9(12(18)19)3-2-4-10(8)15-13(20)16-6-5-14-11(17)7-16/h2-4H,5-7H2,1H3,(H,14,17)(H,15,20)(H,18,19). The molecule has 3 N–H and O–H groups in total. The van der Waals surface area contributed by atoms with Gasteiger partial charge in [0, 0.05) is 18.8 Å². The molecule has 7 heteroatoms. The highest BCUT2D eigenvalue weighted by Crippen LogP contribution is 2.19. The zero-order valence-electron chi connectivity index (χ0n) is 11.0. The minimum atomic E-state index is -1.05. The molecule has 0 aliphatic carbocycles. The Hall–Kier alpha value is -2.57. The second-order valence-electron chi connectivity index (χ2n) is 4.48. The van der Waals surface area contributed by atoms with Crippen LogP contribution in [-0.2, 0) is 4.79 Å². The fraction of sp³-hybridized carbons (Fsp3) is 0.308. The van der Waals surface area contributed by atoms with Crippen LogP contribution in [0.2, 0.25) is 0 Å². The minimum absolute atomic E-state index is 0.00347. The summed E-state index contributed by atoms with van der Waals surface area (Å²) in [7, 11) is 0. The van der Waals surface area contributed by atoms with Crippen molar-refractivity contribution in [2.24, 2.45) is 0 Å². The van der Waals surface area contributed by atoms with Crippen molar-refractivity contribution in [3.63, 3.8) is 0 Å². The SMILES string of the molecule is Cc1c(NC(=O)N2CCNC(=O)C2)cccc1C(=O)O. The normalized spacial score (nSPS) is 14.7. The molecule has 2 rings (SSSR count). The van der Waals surface area contributed by atoms with Gasteiger partial charge in [0.25, 0.3) is 0 Å². The third-order valence-electron chi connectivity index (χ3n) is 3.13. The highest BCUT2D eigenvalue weighted by atomic mass is 16.4. The fourth-order valence-electron chi connectivity index (χ4n) is 2.01. The van der Waals surface area contributed by atoms with Crippen LogP contribution < -0.4 is 10.6 Å². The molecule has 0 radical (unpaired) electrons. The van der Waals surface area contributed by atoms with Gasteiger partial charge in [-0.15, -0.1) is 0 Å². The van der Waals surface area contributed by atoms with E-state index < -0.39 is 12.0 Å².